The van der Waals surface area contributed by atoms with Crippen molar-refractivity contribution >= 4 is 32.4 Å². The highest BCUT2D eigenvalue weighted by molar-refractivity contribution is 9.10. The van der Waals surface area contributed by atoms with E-state index in [-0.39, 0.29) is 0 Å². The van der Waals surface area contributed by atoms with E-state index in [1.165, 1.54) is 0 Å². The summed E-state index contributed by atoms with van der Waals surface area (Å²) in [7, 11) is -0.998. The summed E-state index contributed by atoms with van der Waals surface area (Å²) in [5.41, 5.74) is 6.41. The summed E-state index contributed by atoms with van der Waals surface area (Å²) < 4.78 is 18.6. The molecule has 1 atom stereocenters. The molecule has 3 nitrogen and oxygen atoms in total. The largest absolute Gasteiger partial charge is 0.491 e. The van der Waals surface area contributed by atoms with E-state index in [4.69, 9.17) is 10.5 Å². The maximum atomic E-state index is 12.1. The standard InChI is InChI=1S/C15H16BrNO2S/c16-12-5-3-6-13(11-12)20(18)10-4-9-19-15-8-2-1-7-14(15)17/h1-3,5-8,11H,4,9-10,17H2. The number of rotatable bonds is 6. The van der Waals surface area contributed by atoms with Crippen LogP contribution in [0.3, 0.4) is 0 Å². The van der Waals surface area contributed by atoms with E-state index < -0.39 is 10.8 Å². The van der Waals surface area contributed by atoms with Crippen molar-refractivity contribution in [3.63, 3.8) is 0 Å². The van der Waals surface area contributed by atoms with Crippen LogP contribution in [0.5, 0.6) is 5.75 Å². The number of halogens is 1. The molecule has 0 amide bonds. The number of para-hydroxylation sites is 2. The first-order valence-electron chi connectivity index (χ1n) is 6.28. The van der Waals surface area contributed by atoms with Crippen molar-refractivity contribution in [1.29, 1.82) is 0 Å². The van der Waals surface area contributed by atoms with Gasteiger partial charge in [-0.3, -0.25) is 4.21 Å². The number of hydrogen-bond donors (Lipinski definition) is 1. The topological polar surface area (TPSA) is 52.3 Å². The van der Waals surface area contributed by atoms with Gasteiger partial charge in [0.05, 0.1) is 23.1 Å². The Balaban J connectivity index is 1.79. The lowest BCUT2D eigenvalue weighted by molar-refractivity contribution is 0.320. The number of benzene rings is 2. The molecule has 106 valence electrons. The van der Waals surface area contributed by atoms with Gasteiger partial charge in [-0.05, 0) is 36.8 Å². The second kappa shape index (κ2) is 7.45. The molecule has 2 N–H and O–H groups in total. The molecular weight excluding hydrogens is 338 g/mol. The van der Waals surface area contributed by atoms with Gasteiger partial charge in [-0.25, -0.2) is 0 Å². The maximum absolute atomic E-state index is 12.1. The molecule has 0 spiro atoms. The fourth-order valence-corrected chi connectivity index (χ4v) is 3.37. The Morgan fingerprint density at radius 2 is 1.95 bits per heavy atom. The summed E-state index contributed by atoms with van der Waals surface area (Å²) in [6, 6.07) is 14.9. The van der Waals surface area contributed by atoms with Crippen LogP contribution in [0.25, 0.3) is 0 Å². The molecule has 2 aromatic carbocycles. The van der Waals surface area contributed by atoms with Crippen molar-refractivity contribution in [3.05, 3.63) is 53.0 Å². The monoisotopic (exact) mass is 353 g/mol. The van der Waals surface area contributed by atoms with Crippen molar-refractivity contribution < 1.29 is 8.95 Å². The number of ether oxygens (including phenoxy) is 1. The molecule has 5 heteroatoms. The predicted octanol–water partition coefficient (Wildman–Crippen LogP) is 3.61. The summed E-state index contributed by atoms with van der Waals surface area (Å²) >= 11 is 3.38. The SMILES string of the molecule is Nc1ccccc1OCCCS(=O)c1cccc(Br)c1. The quantitative estimate of drug-likeness (QED) is 0.637. The molecule has 0 aliphatic carbocycles. The smallest absolute Gasteiger partial charge is 0.142 e. The van der Waals surface area contributed by atoms with Gasteiger partial charge in [0.1, 0.15) is 5.75 Å². The van der Waals surface area contributed by atoms with E-state index >= 15 is 0 Å². The molecule has 0 heterocycles. The average molecular weight is 354 g/mol. The zero-order chi connectivity index (χ0) is 14.4. The molecule has 0 bridgehead atoms. The average Bonchev–Trinajstić information content (AvgIpc) is 2.45. The highest BCUT2D eigenvalue weighted by Gasteiger charge is 2.05. The summed E-state index contributed by atoms with van der Waals surface area (Å²) in [5, 5.41) is 0. The minimum absolute atomic E-state index is 0.508. The van der Waals surface area contributed by atoms with Crippen LogP contribution in [0.15, 0.2) is 57.9 Å². The van der Waals surface area contributed by atoms with Gasteiger partial charge in [-0.2, -0.15) is 0 Å². The molecule has 0 fully saturated rings. The highest BCUT2D eigenvalue weighted by Crippen LogP contribution is 2.20. The van der Waals surface area contributed by atoms with Gasteiger partial charge in [-0.15, -0.1) is 0 Å². The first kappa shape index (κ1) is 15.1. The van der Waals surface area contributed by atoms with E-state index in [2.05, 4.69) is 15.9 Å². The normalized spacial score (nSPS) is 12.1. The van der Waals surface area contributed by atoms with Crippen LogP contribution in [-0.2, 0) is 10.8 Å². The minimum atomic E-state index is -0.998. The van der Waals surface area contributed by atoms with E-state index in [0.29, 0.717) is 30.2 Å². The molecule has 0 aromatic heterocycles. The molecule has 0 radical (unpaired) electrons. The Labute approximate surface area is 129 Å². The molecule has 1 unspecified atom stereocenters. The molecular formula is C15H16BrNO2S. The Kier molecular flexibility index (Phi) is 5.61. The summed E-state index contributed by atoms with van der Waals surface area (Å²) in [6.07, 6.45) is 0.716. The van der Waals surface area contributed by atoms with Crippen molar-refractivity contribution in [2.75, 3.05) is 18.1 Å². The predicted molar refractivity (Wildman–Crippen MR) is 86.4 cm³/mol. The lowest BCUT2D eigenvalue weighted by atomic mass is 10.3. The van der Waals surface area contributed by atoms with Gasteiger partial charge in [-0.1, -0.05) is 34.1 Å². The zero-order valence-corrected chi connectivity index (χ0v) is 13.3. The number of hydrogen-bond acceptors (Lipinski definition) is 3. The van der Waals surface area contributed by atoms with Crippen LogP contribution in [-0.4, -0.2) is 16.6 Å². The lowest BCUT2D eigenvalue weighted by Crippen LogP contribution is -2.06. The Bertz CT molecular complexity index is 604. The van der Waals surface area contributed by atoms with Crippen molar-refractivity contribution in [2.24, 2.45) is 0 Å². The Morgan fingerprint density at radius 3 is 2.70 bits per heavy atom. The Hall–Kier alpha value is -1.33. The molecule has 0 aliphatic heterocycles. The number of anilines is 1. The van der Waals surface area contributed by atoms with Crippen LogP contribution < -0.4 is 10.5 Å². The summed E-state index contributed by atoms with van der Waals surface area (Å²) in [5.74, 6) is 1.25. The van der Waals surface area contributed by atoms with E-state index in [0.717, 1.165) is 9.37 Å². The molecule has 2 rings (SSSR count). The third-order valence-corrected chi connectivity index (χ3v) is 4.64. The summed E-state index contributed by atoms with van der Waals surface area (Å²) in [6.45, 7) is 0.508. The van der Waals surface area contributed by atoms with Crippen molar-refractivity contribution in [3.8, 4) is 5.75 Å². The van der Waals surface area contributed by atoms with Crippen molar-refractivity contribution in [2.45, 2.75) is 11.3 Å². The zero-order valence-electron chi connectivity index (χ0n) is 10.9. The van der Waals surface area contributed by atoms with Crippen molar-refractivity contribution in [1.82, 2.24) is 0 Å². The highest BCUT2D eigenvalue weighted by atomic mass is 79.9. The third-order valence-electron chi connectivity index (χ3n) is 2.71. The van der Waals surface area contributed by atoms with Crippen LogP contribution >= 0.6 is 15.9 Å². The Morgan fingerprint density at radius 1 is 1.15 bits per heavy atom. The minimum Gasteiger partial charge on any atom is -0.491 e. The van der Waals surface area contributed by atoms with Gasteiger partial charge >= 0.3 is 0 Å². The second-order valence-corrected chi connectivity index (χ2v) is 6.73. The number of nitrogens with two attached hydrogens (primary N) is 1. The summed E-state index contributed by atoms with van der Waals surface area (Å²) in [4.78, 5) is 0.832. The second-order valence-electron chi connectivity index (χ2n) is 4.25. The van der Waals surface area contributed by atoms with Crippen LogP contribution in [0.2, 0.25) is 0 Å². The fraction of sp³-hybridized carbons (Fsp3) is 0.200. The van der Waals surface area contributed by atoms with Crippen LogP contribution in [0.4, 0.5) is 5.69 Å². The van der Waals surface area contributed by atoms with Gasteiger partial charge in [0, 0.05) is 15.1 Å². The first-order chi connectivity index (χ1) is 9.66. The number of nitrogen functional groups attached to an aromatic ring is 1. The van der Waals surface area contributed by atoms with Gasteiger partial charge in [0.15, 0.2) is 0 Å². The van der Waals surface area contributed by atoms with Gasteiger partial charge < -0.3 is 10.5 Å². The van der Waals surface area contributed by atoms with Gasteiger partial charge in [0.25, 0.3) is 0 Å². The third kappa shape index (κ3) is 4.35. The van der Waals surface area contributed by atoms with E-state index in [9.17, 15) is 4.21 Å². The van der Waals surface area contributed by atoms with E-state index in [1.807, 2.05) is 42.5 Å². The fourth-order valence-electron chi connectivity index (χ4n) is 1.71. The van der Waals surface area contributed by atoms with Crippen LogP contribution in [0, 0.1) is 0 Å². The van der Waals surface area contributed by atoms with Gasteiger partial charge in [0.2, 0.25) is 0 Å². The molecule has 0 saturated carbocycles. The maximum Gasteiger partial charge on any atom is 0.142 e. The lowest BCUT2D eigenvalue weighted by Gasteiger charge is -2.08. The molecule has 2 aromatic rings. The molecule has 20 heavy (non-hydrogen) atoms. The van der Waals surface area contributed by atoms with Crippen LogP contribution in [0.1, 0.15) is 6.42 Å². The molecule has 0 aliphatic rings. The van der Waals surface area contributed by atoms with E-state index in [1.54, 1.807) is 6.07 Å². The first-order valence-corrected chi connectivity index (χ1v) is 8.39. The molecule has 0 saturated heterocycles.